The van der Waals surface area contributed by atoms with Gasteiger partial charge in [-0.25, -0.2) is 4.79 Å². The van der Waals surface area contributed by atoms with Crippen LogP contribution in [-0.2, 0) is 0 Å². The Morgan fingerprint density at radius 2 is 2.00 bits per heavy atom. The molecule has 8 nitrogen and oxygen atoms in total. The predicted octanol–water partition coefficient (Wildman–Crippen LogP) is -0.521. The normalized spacial score (nSPS) is 15.4. The quantitative estimate of drug-likeness (QED) is 0.669. The number of anilines is 1. The molecule has 1 saturated heterocycles. The van der Waals surface area contributed by atoms with Crippen molar-refractivity contribution < 1.29 is 9.59 Å². The van der Waals surface area contributed by atoms with Crippen molar-refractivity contribution in [2.75, 3.05) is 38.5 Å². The van der Waals surface area contributed by atoms with E-state index in [9.17, 15) is 9.59 Å². The van der Waals surface area contributed by atoms with Crippen molar-refractivity contribution in [1.82, 2.24) is 25.3 Å². The van der Waals surface area contributed by atoms with Crippen molar-refractivity contribution in [2.24, 2.45) is 0 Å². The summed E-state index contributed by atoms with van der Waals surface area (Å²) in [7, 11) is 0. The first kappa shape index (κ1) is 13.2. The van der Waals surface area contributed by atoms with Crippen LogP contribution < -0.4 is 11.1 Å². The van der Waals surface area contributed by atoms with Gasteiger partial charge in [0.2, 0.25) is 0 Å². The zero-order valence-electron chi connectivity index (χ0n) is 10.8. The lowest BCUT2D eigenvalue weighted by Gasteiger charge is -2.34. The molecule has 0 aliphatic carbocycles. The summed E-state index contributed by atoms with van der Waals surface area (Å²) in [6.07, 6.45) is 1.41. The number of nitrogen functional groups attached to an aromatic ring is 1. The Labute approximate surface area is 110 Å². The first-order valence-corrected chi connectivity index (χ1v) is 6.24. The maximum atomic E-state index is 12.1. The molecule has 0 atom stereocenters. The molecule has 2 heterocycles. The van der Waals surface area contributed by atoms with Crippen molar-refractivity contribution in [3.05, 3.63) is 11.9 Å². The molecular weight excluding hydrogens is 248 g/mol. The Morgan fingerprint density at radius 1 is 1.37 bits per heavy atom. The van der Waals surface area contributed by atoms with E-state index in [-0.39, 0.29) is 11.9 Å². The van der Waals surface area contributed by atoms with Crippen molar-refractivity contribution in [2.45, 2.75) is 6.92 Å². The molecule has 4 N–H and O–H groups in total. The number of carbonyl (C=O) groups is 2. The number of urea groups is 1. The van der Waals surface area contributed by atoms with Crippen LogP contribution in [0.2, 0.25) is 0 Å². The number of rotatable bonds is 2. The van der Waals surface area contributed by atoms with Gasteiger partial charge < -0.3 is 20.9 Å². The number of aromatic amines is 1. The fourth-order valence-electron chi connectivity index (χ4n) is 2.00. The molecule has 1 aliphatic heterocycles. The van der Waals surface area contributed by atoms with E-state index in [1.165, 1.54) is 6.20 Å². The minimum atomic E-state index is -0.175. The van der Waals surface area contributed by atoms with E-state index in [1.807, 2.05) is 6.92 Å². The molecule has 0 radical (unpaired) electrons. The van der Waals surface area contributed by atoms with Gasteiger partial charge in [-0.15, -0.1) is 0 Å². The maximum Gasteiger partial charge on any atom is 0.317 e. The highest BCUT2D eigenvalue weighted by Gasteiger charge is 2.26. The Kier molecular flexibility index (Phi) is 3.88. The highest BCUT2D eigenvalue weighted by Crippen LogP contribution is 2.12. The summed E-state index contributed by atoms with van der Waals surface area (Å²) in [4.78, 5) is 27.1. The van der Waals surface area contributed by atoms with Gasteiger partial charge in [0.05, 0.1) is 11.9 Å². The Hall–Kier alpha value is -2.25. The fourth-order valence-corrected chi connectivity index (χ4v) is 2.00. The van der Waals surface area contributed by atoms with Crippen molar-refractivity contribution in [3.8, 4) is 0 Å². The van der Waals surface area contributed by atoms with Crippen LogP contribution in [0.1, 0.15) is 17.4 Å². The number of hydrogen-bond acceptors (Lipinski definition) is 4. The standard InChI is InChI=1S/C11H18N6O2/c1-2-13-11(19)17-5-3-16(4-6-17)10(18)9-8(12)7-14-15-9/h7H,2-6,12H2,1H3,(H,13,19)(H,14,15). The zero-order valence-corrected chi connectivity index (χ0v) is 10.8. The van der Waals surface area contributed by atoms with Gasteiger partial charge in [0.15, 0.2) is 0 Å². The highest BCUT2D eigenvalue weighted by atomic mass is 16.2. The van der Waals surface area contributed by atoms with Gasteiger partial charge in [-0.05, 0) is 6.92 Å². The Morgan fingerprint density at radius 3 is 2.53 bits per heavy atom. The average Bonchev–Trinajstić information content (AvgIpc) is 2.84. The molecule has 3 amide bonds. The molecule has 0 aromatic carbocycles. The van der Waals surface area contributed by atoms with Crippen LogP contribution in [0.5, 0.6) is 0 Å². The van der Waals surface area contributed by atoms with E-state index >= 15 is 0 Å². The number of nitrogens with two attached hydrogens (primary N) is 1. The van der Waals surface area contributed by atoms with Gasteiger partial charge in [0.25, 0.3) is 5.91 Å². The number of amides is 3. The van der Waals surface area contributed by atoms with Gasteiger partial charge in [-0.2, -0.15) is 5.10 Å². The zero-order chi connectivity index (χ0) is 13.8. The van der Waals surface area contributed by atoms with Crippen molar-refractivity contribution in [3.63, 3.8) is 0 Å². The number of carbonyl (C=O) groups excluding carboxylic acids is 2. The first-order valence-electron chi connectivity index (χ1n) is 6.24. The van der Waals surface area contributed by atoms with E-state index in [0.29, 0.717) is 44.1 Å². The first-order chi connectivity index (χ1) is 9.13. The van der Waals surface area contributed by atoms with E-state index in [2.05, 4.69) is 15.5 Å². The van der Waals surface area contributed by atoms with Crippen LogP contribution in [-0.4, -0.2) is 64.7 Å². The third-order valence-electron chi connectivity index (χ3n) is 3.06. The minimum Gasteiger partial charge on any atom is -0.396 e. The largest absolute Gasteiger partial charge is 0.396 e. The molecule has 1 fully saturated rings. The van der Waals surface area contributed by atoms with Gasteiger partial charge >= 0.3 is 6.03 Å². The topological polar surface area (TPSA) is 107 Å². The van der Waals surface area contributed by atoms with Gasteiger partial charge in [0, 0.05) is 32.7 Å². The smallest absolute Gasteiger partial charge is 0.317 e. The molecule has 1 aromatic heterocycles. The van der Waals surface area contributed by atoms with Gasteiger partial charge in [-0.1, -0.05) is 0 Å². The van der Waals surface area contributed by atoms with Crippen LogP contribution in [0.15, 0.2) is 6.20 Å². The lowest BCUT2D eigenvalue weighted by molar-refractivity contribution is 0.0660. The predicted molar refractivity (Wildman–Crippen MR) is 69.5 cm³/mol. The van der Waals surface area contributed by atoms with Crippen molar-refractivity contribution >= 4 is 17.6 Å². The summed E-state index contributed by atoms with van der Waals surface area (Å²) in [6.45, 7) is 4.50. The SMILES string of the molecule is CCNC(=O)N1CCN(C(=O)c2[nH]ncc2N)CC1. The highest BCUT2D eigenvalue weighted by molar-refractivity contribution is 5.97. The Balaban J connectivity index is 1.92. The molecule has 1 aromatic rings. The molecule has 0 spiro atoms. The second kappa shape index (κ2) is 5.59. The maximum absolute atomic E-state index is 12.1. The van der Waals surface area contributed by atoms with Crippen LogP contribution in [0, 0.1) is 0 Å². The van der Waals surface area contributed by atoms with E-state index in [1.54, 1.807) is 9.80 Å². The molecule has 2 rings (SSSR count). The van der Waals surface area contributed by atoms with E-state index < -0.39 is 0 Å². The summed E-state index contributed by atoms with van der Waals surface area (Å²) in [5.74, 6) is -0.175. The summed E-state index contributed by atoms with van der Waals surface area (Å²) in [5.41, 5.74) is 6.30. The minimum absolute atomic E-state index is 0.0874. The second-order valence-corrected chi connectivity index (χ2v) is 4.32. The summed E-state index contributed by atoms with van der Waals surface area (Å²) in [5, 5.41) is 9.07. The summed E-state index contributed by atoms with van der Waals surface area (Å²) in [6, 6.07) is -0.0874. The van der Waals surface area contributed by atoms with Crippen molar-refractivity contribution in [1.29, 1.82) is 0 Å². The molecule has 8 heteroatoms. The number of hydrogen-bond donors (Lipinski definition) is 3. The summed E-state index contributed by atoms with van der Waals surface area (Å²) >= 11 is 0. The summed E-state index contributed by atoms with van der Waals surface area (Å²) < 4.78 is 0. The molecule has 0 unspecified atom stereocenters. The van der Waals surface area contributed by atoms with E-state index in [0.717, 1.165) is 0 Å². The third-order valence-corrected chi connectivity index (χ3v) is 3.06. The number of nitrogens with zero attached hydrogens (tertiary/aromatic N) is 3. The van der Waals surface area contributed by atoms with Crippen LogP contribution in [0.25, 0.3) is 0 Å². The second-order valence-electron chi connectivity index (χ2n) is 4.32. The third kappa shape index (κ3) is 2.78. The molecule has 0 bridgehead atoms. The molecule has 104 valence electrons. The number of piperazine rings is 1. The monoisotopic (exact) mass is 266 g/mol. The van der Waals surface area contributed by atoms with Gasteiger partial charge in [0.1, 0.15) is 5.69 Å². The number of nitrogens with one attached hydrogen (secondary N) is 2. The van der Waals surface area contributed by atoms with E-state index in [4.69, 9.17) is 5.73 Å². The molecule has 19 heavy (non-hydrogen) atoms. The molecule has 0 saturated carbocycles. The lowest BCUT2D eigenvalue weighted by Crippen LogP contribution is -2.53. The number of H-pyrrole nitrogens is 1. The van der Waals surface area contributed by atoms with Gasteiger partial charge in [-0.3, -0.25) is 9.89 Å². The average molecular weight is 266 g/mol. The van der Waals surface area contributed by atoms with Crippen LogP contribution in [0.3, 0.4) is 0 Å². The molecular formula is C11H18N6O2. The van der Waals surface area contributed by atoms with Crippen LogP contribution >= 0.6 is 0 Å². The fraction of sp³-hybridized carbons (Fsp3) is 0.545. The number of aromatic nitrogens is 2. The molecule has 1 aliphatic rings. The van der Waals surface area contributed by atoms with Crippen LogP contribution in [0.4, 0.5) is 10.5 Å². The lowest BCUT2D eigenvalue weighted by atomic mass is 10.2. The Bertz CT molecular complexity index is 464.